The normalized spacial score (nSPS) is 23.8. The molecule has 0 bridgehead atoms. The summed E-state index contributed by atoms with van der Waals surface area (Å²) >= 11 is 1.83. The molecule has 1 N–H and O–H groups in total. The summed E-state index contributed by atoms with van der Waals surface area (Å²) in [6, 6.07) is 0. The summed E-state index contributed by atoms with van der Waals surface area (Å²) in [6.45, 7) is 1.04. The summed E-state index contributed by atoms with van der Waals surface area (Å²) < 4.78 is 0. The van der Waals surface area contributed by atoms with Gasteiger partial charge in [-0.1, -0.05) is 0 Å². The fourth-order valence-electron chi connectivity index (χ4n) is 0.975. The number of thioether (sulfide) groups is 1. The molecule has 1 fully saturated rings. The van der Waals surface area contributed by atoms with E-state index in [9.17, 15) is 0 Å². The number of rotatable bonds is 1. The number of hydrogen-bond acceptors (Lipinski definition) is 5. The fraction of sp³-hybridized carbons (Fsp3) is 0.500. The van der Waals surface area contributed by atoms with E-state index in [0.29, 0.717) is 0 Å². The predicted molar refractivity (Wildman–Crippen MR) is 43.0 cm³/mol. The first-order chi connectivity index (χ1) is 5.47. The molecule has 0 spiro atoms. The standard InChI is InChI=1S/C6H8N4S/c1-2-11-6(8-1)5-9-3-7-4-10-5/h3-4,6,8H,1-2H2. The van der Waals surface area contributed by atoms with E-state index >= 15 is 0 Å². The van der Waals surface area contributed by atoms with Crippen LogP contribution in [0.4, 0.5) is 0 Å². The second-order valence-corrected chi connectivity index (χ2v) is 3.41. The Hall–Kier alpha value is -0.680. The Kier molecular flexibility index (Phi) is 2.00. The van der Waals surface area contributed by atoms with Crippen LogP contribution in [0.25, 0.3) is 0 Å². The Balaban J connectivity index is 2.16. The average molecular weight is 168 g/mol. The molecule has 2 rings (SSSR count). The minimum absolute atomic E-state index is 0.276. The molecule has 5 heteroatoms. The van der Waals surface area contributed by atoms with Crippen molar-refractivity contribution in [2.45, 2.75) is 5.37 Å². The van der Waals surface area contributed by atoms with E-state index in [4.69, 9.17) is 0 Å². The van der Waals surface area contributed by atoms with Gasteiger partial charge >= 0.3 is 0 Å². The van der Waals surface area contributed by atoms with E-state index in [1.807, 2.05) is 11.8 Å². The smallest absolute Gasteiger partial charge is 0.159 e. The minimum atomic E-state index is 0.276. The molecule has 0 aliphatic carbocycles. The van der Waals surface area contributed by atoms with Crippen LogP contribution in [0.1, 0.15) is 11.2 Å². The van der Waals surface area contributed by atoms with Gasteiger partial charge in [0.1, 0.15) is 18.0 Å². The molecular weight excluding hydrogens is 160 g/mol. The van der Waals surface area contributed by atoms with Crippen LogP contribution >= 0.6 is 11.8 Å². The molecule has 1 atom stereocenters. The first-order valence-electron chi connectivity index (χ1n) is 3.44. The Morgan fingerprint density at radius 1 is 1.45 bits per heavy atom. The first kappa shape index (κ1) is 7.00. The maximum Gasteiger partial charge on any atom is 0.159 e. The summed E-state index contributed by atoms with van der Waals surface area (Å²) in [6.07, 6.45) is 3.06. The zero-order chi connectivity index (χ0) is 7.52. The molecule has 4 nitrogen and oxygen atoms in total. The Morgan fingerprint density at radius 2 is 2.27 bits per heavy atom. The minimum Gasteiger partial charge on any atom is -0.298 e. The highest BCUT2D eigenvalue weighted by Crippen LogP contribution is 2.26. The number of nitrogens with one attached hydrogen (secondary N) is 1. The zero-order valence-electron chi connectivity index (χ0n) is 5.90. The lowest BCUT2D eigenvalue weighted by molar-refractivity contribution is 0.702. The van der Waals surface area contributed by atoms with Gasteiger partial charge in [0, 0.05) is 12.3 Å². The molecule has 0 aromatic carbocycles. The fourth-order valence-corrected chi connectivity index (χ4v) is 1.95. The van der Waals surface area contributed by atoms with Crippen molar-refractivity contribution in [3.63, 3.8) is 0 Å². The molecule has 1 aromatic heterocycles. The zero-order valence-corrected chi connectivity index (χ0v) is 6.71. The third-order valence-corrected chi connectivity index (χ3v) is 2.61. The van der Waals surface area contributed by atoms with Crippen molar-refractivity contribution in [1.82, 2.24) is 20.3 Å². The topological polar surface area (TPSA) is 50.7 Å². The number of hydrogen-bond donors (Lipinski definition) is 1. The molecule has 2 heterocycles. The first-order valence-corrected chi connectivity index (χ1v) is 4.48. The van der Waals surface area contributed by atoms with Crippen molar-refractivity contribution < 1.29 is 0 Å². The van der Waals surface area contributed by atoms with Gasteiger partial charge in [-0.15, -0.1) is 11.8 Å². The van der Waals surface area contributed by atoms with Crippen molar-refractivity contribution in [3.05, 3.63) is 18.5 Å². The van der Waals surface area contributed by atoms with Crippen LogP contribution in [0.15, 0.2) is 12.7 Å². The Labute approximate surface area is 68.9 Å². The third kappa shape index (κ3) is 1.49. The van der Waals surface area contributed by atoms with Crippen LogP contribution < -0.4 is 5.32 Å². The van der Waals surface area contributed by atoms with Gasteiger partial charge in [0.2, 0.25) is 0 Å². The van der Waals surface area contributed by atoms with Crippen LogP contribution in [0.2, 0.25) is 0 Å². The average Bonchev–Trinajstić information content (AvgIpc) is 2.58. The van der Waals surface area contributed by atoms with Crippen LogP contribution in [0.3, 0.4) is 0 Å². The van der Waals surface area contributed by atoms with Gasteiger partial charge in [-0.2, -0.15) is 0 Å². The molecule has 1 aromatic rings. The molecule has 1 aliphatic heterocycles. The Bertz CT molecular complexity index is 221. The van der Waals surface area contributed by atoms with E-state index in [2.05, 4.69) is 20.3 Å². The van der Waals surface area contributed by atoms with E-state index in [-0.39, 0.29) is 5.37 Å². The van der Waals surface area contributed by atoms with Gasteiger partial charge in [-0.05, 0) is 0 Å². The SMILES string of the molecule is c1ncnc(C2NCCS2)n1. The second-order valence-electron chi connectivity index (χ2n) is 2.20. The number of aromatic nitrogens is 3. The number of nitrogens with zero attached hydrogens (tertiary/aromatic N) is 3. The summed E-state index contributed by atoms with van der Waals surface area (Å²) in [7, 11) is 0. The van der Waals surface area contributed by atoms with E-state index in [1.165, 1.54) is 12.7 Å². The van der Waals surface area contributed by atoms with Gasteiger partial charge < -0.3 is 0 Å². The van der Waals surface area contributed by atoms with Gasteiger partial charge in [0.15, 0.2) is 5.82 Å². The predicted octanol–water partition coefficient (Wildman–Crippen LogP) is 0.207. The largest absolute Gasteiger partial charge is 0.298 e. The molecule has 0 radical (unpaired) electrons. The van der Waals surface area contributed by atoms with E-state index in [1.54, 1.807) is 0 Å². The van der Waals surface area contributed by atoms with Crippen molar-refractivity contribution >= 4 is 11.8 Å². The summed E-state index contributed by atoms with van der Waals surface area (Å²) in [5.41, 5.74) is 0. The van der Waals surface area contributed by atoms with Gasteiger partial charge in [0.25, 0.3) is 0 Å². The molecule has 1 aliphatic rings. The lowest BCUT2D eigenvalue weighted by atomic mass is 10.5. The van der Waals surface area contributed by atoms with Crippen molar-refractivity contribution in [2.75, 3.05) is 12.3 Å². The summed E-state index contributed by atoms with van der Waals surface area (Å²) in [4.78, 5) is 11.9. The highest BCUT2D eigenvalue weighted by atomic mass is 32.2. The van der Waals surface area contributed by atoms with E-state index in [0.717, 1.165) is 18.1 Å². The molecule has 1 unspecified atom stereocenters. The molecule has 58 valence electrons. The van der Waals surface area contributed by atoms with Gasteiger partial charge in [0.05, 0.1) is 0 Å². The van der Waals surface area contributed by atoms with Crippen LogP contribution in [-0.2, 0) is 0 Å². The lowest BCUT2D eigenvalue weighted by Gasteiger charge is -2.04. The molecule has 0 saturated carbocycles. The molecular formula is C6H8N4S. The maximum atomic E-state index is 4.06. The Morgan fingerprint density at radius 3 is 2.91 bits per heavy atom. The second kappa shape index (κ2) is 3.15. The van der Waals surface area contributed by atoms with Crippen LogP contribution in [0.5, 0.6) is 0 Å². The van der Waals surface area contributed by atoms with Crippen molar-refractivity contribution in [2.24, 2.45) is 0 Å². The third-order valence-electron chi connectivity index (χ3n) is 1.46. The van der Waals surface area contributed by atoms with Crippen LogP contribution in [0, 0.1) is 0 Å². The van der Waals surface area contributed by atoms with E-state index < -0.39 is 0 Å². The van der Waals surface area contributed by atoms with Crippen molar-refractivity contribution in [3.8, 4) is 0 Å². The maximum absolute atomic E-state index is 4.06. The summed E-state index contributed by atoms with van der Waals surface area (Å²) in [5, 5.41) is 3.56. The quantitative estimate of drug-likeness (QED) is 0.649. The molecule has 1 saturated heterocycles. The molecule has 11 heavy (non-hydrogen) atoms. The van der Waals surface area contributed by atoms with Crippen LogP contribution in [-0.4, -0.2) is 27.2 Å². The highest BCUT2D eigenvalue weighted by Gasteiger charge is 2.18. The lowest BCUT2D eigenvalue weighted by Crippen LogP contribution is -2.14. The van der Waals surface area contributed by atoms with Crippen molar-refractivity contribution in [1.29, 1.82) is 0 Å². The summed E-state index contributed by atoms with van der Waals surface area (Å²) in [5.74, 6) is 1.97. The monoisotopic (exact) mass is 168 g/mol. The van der Waals surface area contributed by atoms with Gasteiger partial charge in [-0.3, -0.25) is 5.32 Å². The van der Waals surface area contributed by atoms with Gasteiger partial charge in [-0.25, -0.2) is 15.0 Å². The molecule has 0 amide bonds. The highest BCUT2D eigenvalue weighted by molar-refractivity contribution is 7.99.